The minimum Gasteiger partial charge on any atom is -0.508 e. The molecule has 5 aromatic rings. The second-order valence-corrected chi connectivity index (χ2v) is 10.3. The average Bonchev–Trinajstić information content (AvgIpc) is 2.92. The first-order valence-electron chi connectivity index (χ1n) is 12.2. The topological polar surface area (TPSA) is 100 Å². The molecule has 3 aromatic carbocycles. The number of phenols is 1. The largest absolute Gasteiger partial charge is 0.508 e. The summed E-state index contributed by atoms with van der Waals surface area (Å²) < 4.78 is 0. The van der Waals surface area contributed by atoms with Crippen molar-refractivity contribution in [1.82, 2.24) is 15.0 Å². The number of phenolic OH excluding ortho intramolecular Hbond substituents is 1. The Labute approximate surface area is 225 Å². The number of benzene rings is 3. The van der Waals surface area contributed by atoms with Gasteiger partial charge in [0, 0.05) is 26.7 Å². The van der Waals surface area contributed by atoms with Crippen molar-refractivity contribution in [3.8, 4) is 5.75 Å². The number of hydrogen-bond acceptors (Lipinski definition) is 7. The van der Waals surface area contributed by atoms with Gasteiger partial charge in [0.1, 0.15) is 17.9 Å². The van der Waals surface area contributed by atoms with E-state index in [4.69, 9.17) is 4.98 Å². The van der Waals surface area contributed by atoms with Crippen LogP contribution in [0.2, 0.25) is 0 Å². The number of nitrogens with zero attached hydrogens (tertiary/aromatic N) is 3. The molecular formula is C30H27N5O2S. The number of hydrogen-bond donors (Lipinski definition) is 3. The zero-order valence-corrected chi connectivity index (χ0v) is 22.1. The number of pyridine rings is 1. The summed E-state index contributed by atoms with van der Waals surface area (Å²) in [4.78, 5) is 28.3. The summed E-state index contributed by atoms with van der Waals surface area (Å²) in [5.41, 5.74) is 4.62. The van der Waals surface area contributed by atoms with Gasteiger partial charge in [-0.25, -0.2) is 15.0 Å². The maximum Gasteiger partial charge on any atom is 0.255 e. The van der Waals surface area contributed by atoms with Crippen LogP contribution < -0.4 is 10.6 Å². The third-order valence-electron chi connectivity index (χ3n) is 6.04. The summed E-state index contributed by atoms with van der Waals surface area (Å²) in [6.45, 7) is 6.15. The van der Waals surface area contributed by atoms with Crippen LogP contribution in [0.5, 0.6) is 5.75 Å². The highest BCUT2D eigenvalue weighted by molar-refractivity contribution is 7.99. The smallest absolute Gasteiger partial charge is 0.255 e. The Bertz CT molecular complexity index is 1610. The number of aromatic nitrogens is 3. The number of nitrogens with one attached hydrogen (secondary N) is 2. The monoisotopic (exact) mass is 521 g/mol. The number of rotatable bonds is 7. The van der Waals surface area contributed by atoms with E-state index in [1.54, 1.807) is 24.3 Å². The number of aromatic hydroxyl groups is 1. The van der Waals surface area contributed by atoms with E-state index in [9.17, 15) is 9.90 Å². The van der Waals surface area contributed by atoms with E-state index in [0.29, 0.717) is 28.6 Å². The molecule has 2 heterocycles. The van der Waals surface area contributed by atoms with E-state index < -0.39 is 0 Å². The molecule has 8 heteroatoms. The molecule has 190 valence electrons. The van der Waals surface area contributed by atoms with Crippen molar-refractivity contribution in [2.45, 2.75) is 36.5 Å². The first-order valence-corrected chi connectivity index (χ1v) is 13.1. The maximum atomic E-state index is 12.9. The van der Waals surface area contributed by atoms with Crippen LogP contribution in [0.1, 0.15) is 41.4 Å². The molecule has 0 aliphatic heterocycles. The van der Waals surface area contributed by atoms with Crippen molar-refractivity contribution in [1.29, 1.82) is 0 Å². The summed E-state index contributed by atoms with van der Waals surface area (Å²) in [6.07, 6.45) is 1.51. The second kappa shape index (κ2) is 10.9. The van der Waals surface area contributed by atoms with Gasteiger partial charge in [0.05, 0.1) is 11.1 Å². The van der Waals surface area contributed by atoms with Crippen molar-refractivity contribution < 1.29 is 9.90 Å². The molecule has 0 saturated carbocycles. The molecule has 0 unspecified atom stereocenters. The number of aryl methyl sites for hydroxylation is 1. The van der Waals surface area contributed by atoms with Crippen molar-refractivity contribution in [2.24, 2.45) is 0 Å². The third-order valence-corrected chi connectivity index (χ3v) is 7.10. The molecule has 1 amide bonds. The quantitative estimate of drug-likeness (QED) is 0.206. The standard InChI is InChI=1S/C30H27N5O2S/c1-18(2)24-14-13-23-28(33-24)31-17-32-29(23)34-26-15-19(3)25(35-30(37)20-7-5-4-6-8-20)16-27(26)38-22-11-9-21(36)10-12-22/h4-18,36H,1-3H3,(H,35,37)(H,31,32,33,34). The van der Waals surface area contributed by atoms with Crippen LogP contribution >= 0.6 is 11.8 Å². The highest BCUT2D eigenvalue weighted by atomic mass is 32.2. The Morgan fingerprint density at radius 2 is 1.68 bits per heavy atom. The summed E-state index contributed by atoms with van der Waals surface area (Å²) in [5.74, 6) is 0.961. The van der Waals surface area contributed by atoms with Gasteiger partial charge in [0.2, 0.25) is 0 Å². The van der Waals surface area contributed by atoms with Gasteiger partial charge in [-0.2, -0.15) is 0 Å². The summed E-state index contributed by atoms with van der Waals surface area (Å²) in [6, 6.07) is 24.1. The lowest BCUT2D eigenvalue weighted by Crippen LogP contribution is -2.13. The minimum atomic E-state index is -0.177. The predicted octanol–water partition coefficient (Wildman–Crippen LogP) is 7.31. The van der Waals surface area contributed by atoms with Crippen LogP contribution in [-0.2, 0) is 0 Å². The number of anilines is 3. The van der Waals surface area contributed by atoms with Crippen molar-refractivity contribution >= 4 is 45.9 Å². The summed E-state index contributed by atoms with van der Waals surface area (Å²) >= 11 is 1.52. The van der Waals surface area contributed by atoms with Crippen molar-refractivity contribution in [3.05, 3.63) is 102 Å². The zero-order chi connectivity index (χ0) is 26.6. The third kappa shape index (κ3) is 5.60. The Morgan fingerprint density at radius 3 is 2.42 bits per heavy atom. The van der Waals surface area contributed by atoms with E-state index in [-0.39, 0.29) is 11.7 Å². The Morgan fingerprint density at radius 1 is 0.921 bits per heavy atom. The van der Waals surface area contributed by atoms with Gasteiger partial charge in [-0.15, -0.1) is 0 Å². The first kappa shape index (κ1) is 25.2. The number of fused-ring (bicyclic) bond motifs is 1. The van der Waals surface area contributed by atoms with Gasteiger partial charge in [-0.1, -0.05) is 43.8 Å². The van der Waals surface area contributed by atoms with Crippen molar-refractivity contribution in [2.75, 3.05) is 10.6 Å². The van der Waals surface area contributed by atoms with Gasteiger partial charge in [-0.3, -0.25) is 4.79 Å². The molecule has 7 nitrogen and oxygen atoms in total. The molecular weight excluding hydrogens is 494 g/mol. The van der Waals surface area contributed by atoms with Crippen LogP contribution in [0.4, 0.5) is 17.2 Å². The van der Waals surface area contributed by atoms with Crippen LogP contribution in [0, 0.1) is 6.92 Å². The van der Waals surface area contributed by atoms with E-state index >= 15 is 0 Å². The van der Waals surface area contributed by atoms with Gasteiger partial charge < -0.3 is 15.7 Å². The lowest BCUT2D eigenvalue weighted by molar-refractivity contribution is 0.102. The molecule has 0 bridgehead atoms. The van der Waals surface area contributed by atoms with Crippen LogP contribution in [-0.4, -0.2) is 26.0 Å². The molecule has 0 fully saturated rings. The molecule has 0 saturated heterocycles. The molecule has 0 aliphatic carbocycles. The highest BCUT2D eigenvalue weighted by Crippen LogP contribution is 2.39. The minimum absolute atomic E-state index is 0.177. The fraction of sp³-hybridized carbons (Fsp3) is 0.133. The van der Waals surface area contributed by atoms with Crippen LogP contribution in [0.3, 0.4) is 0 Å². The average molecular weight is 522 g/mol. The fourth-order valence-corrected chi connectivity index (χ4v) is 4.86. The predicted molar refractivity (Wildman–Crippen MR) is 153 cm³/mol. The fourth-order valence-electron chi connectivity index (χ4n) is 3.94. The Balaban J connectivity index is 1.53. The van der Waals surface area contributed by atoms with E-state index in [1.807, 2.05) is 61.5 Å². The van der Waals surface area contributed by atoms with E-state index in [1.165, 1.54) is 18.1 Å². The maximum absolute atomic E-state index is 12.9. The number of carbonyl (C=O) groups excluding carboxylic acids is 1. The SMILES string of the molecule is Cc1cc(Nc2ncnc3nc(C(C)C)ccc23)c(Sc2ccc(O)cc2)cc1NC(=O)c1ccccc1. The highest BCUT2D eigenvalue weighted by Gasteiger charge is 2.15. The first-order chi connectivity index (χ1) is 18.4. The van der Waals surface area contributed by atoms with Crippen LogP contribution in [0.15, 0.2) is 95.0 Å². The molecule has 38 heavy (non-hydrogen) atoms. The molecule has 0 aliphatic rings. The zero-order valence-electron chi connectivity index (χ0n) is 21.3. The van der Waals surface area contributed by atoms with Gasteiger partial charge in [0.15, 0.2) is 5.65 Å². The molecule has 3 N–H and O–H groups in total. The normalized spacial score (nSPS) is 11.1. The van der Waals surface area contributed by atoms with Gasteiger partial charge in [-0.05, 0) is 79.1 Å². The lowest BCUT2D eigenvalue weighted by atomic mass is 10.1. The van der Waals surface area contributed by atoms with Gasteiger partial charge in [0.25, 0.3) is 5.91 Å². The molecule has 0 spiro atoms. The second-order valence-electron chi connectivity index (χ2n) is 9.19. The number of carbonyl (C=O) groups is 1. The summed E-state index contributed by atoms with van der Waals surface area (Å²) in [5, 5.41) is 17.1. The molecule has 0 radical (unpaired) electrons. The van der Waals surface area contributed by atoms with Crippen LogP contribution in [0.25, 0.3) is 11.0 Å². The van der Waals surface area contributed by atoms with Gasteiger partial charge >= 0.3 is 0 Å². The van der Waals surface area contributed by atoms with Crippen molar-refractivity contribution in [3.63, 3.8) is 0 Å². The van der Waals surface area contributed by atoms with E-state index in [0.717, 1.165) is 32.1 Å². The molecule has 0 atom stereocenters. The lowest BCUT2D eigenvalue weighted by Gasteiger charge is -2.17. The molecule has 2 aromatic heterocycles. The Hall–Kier alpha value is -4.43. The summed E-state index contributed by atoms with van der Waals surface area (Å²) in [7, 11) is 0. The number of amides is 1. The van der Waals surface area contributed by atoms with E-state index in [2.05, 4.69) is 34.4 Å². The molecule has 5 rings (SSSR count). The Kier molecular flexibility index (Phi) is 7.24.